The van der Waals surface area contributed by atoms with Gasteiger partial charge >= 0.3 is 0 Å². The van der Waals surface area contributed by atoms with E-state index in [1.165, 1.54) is 64.7 Å². The number of ether oxygens (including phenoxy) is 1. The van der Waals surface area contributed by atoms with E-state index in [-0.39, 0.29) is 0 Å². The van der Waals surface area contributed by atoms with Gasteiger partial charge in [0.1, 0.15) is 0 Å². The first-order valence-corrected chi connectivity index (χ1v) is 8.59. The fraction of sp³-hybridized carbons (Fsp3) is 1.00. The molecule has 0 aromatic carbocycles. The number of hydrogen-bond donors (Lipinski definition) is 1. The number of rotatable bonds is 8. The van der Waals surface area contributed by atoms with E-state index in [9.17, 15) is 0 Å². The molecule has 3 aliphatic rings. The first-order chi connectivity index (χ1) is 9.79. The Morgan fingerprint density at radius 3 is 2.60 bits per heavy atom. The van der Waals surface area contributed by atoms with Crippen molar-refractivity contribution in [2.45, 2.75) is 56.8 Å². The number of nitrogens with zero attached hydrogens (tertiary/aromatic N) is 2. The van der Waals surface area contributed by atoms with Crippen LogP contribution >= 0.6 is 0 Å². The van der Waals surface area contributed by atoms with Crippen molar-refractivity contribution in [1.29, 1.82) is 0 Å². The summed E-state index contributed by atoms with van der Waals surface area (Å²) in [5, 5.41) is 3.59. The second-order valence-electron chi connectivity index (χ2n) is 6.95. The van der Waals surface area contributed by atoms with Gasteiger partial charge in [-0.1, -0.05) is 0 Å². The third-order valence-corrected chi connectivity index (χ3v) is 4.92. The highest BCUT2D eigenvalue weighted by molar-refractivity contribution is 4.84. The van der Waals surface area contributed by atoms with Gasteiger partial charge in [0, 0.05) is 32.2 Å². The molecule has 0 spiro atoms. The zero-order valence-electron chi connectivity index (χ0n) is 13.0. The molecule has 20 heavy (non-hydrogen) atoms. The van der Waals surface area contributed by atoms with E-state index in [1.807, 2.05) is 0 Å². The highest BCUT2D eigenvalue weighted by atomic mass is 16.5. The summed E-state index contributed by atoms with van der Waals surface area (Å²) in [7, 11) is 2.25. The Hall–Kier alpha value is -0.160. The lowest BCUT2D eigenvalue weighted by atomic mass is 10.2. The third-order valence-electron chi connectivity index (χ3n) is 4.92. The van der Waals surface area contributed by atoms with Crippen LogP contribution in [-0.2, 0) is 4.74 Å². The van der Waals surface area contributed by atoms with Crippen LogP contribution in [0.3, 0.4) is 0 Å². The van der Waals surface area contributed by atoms with Crippen LogP contribution in [0.5, 0.6) is 0 Å². The summed E-state index contributed by atoms with van der Waals surface area (Å²) < 4.78 is 6.16. The Morgan fingerprint density at radius 2 is 1.85 bits per heavy atom. The summed E-state index contributed by atoms with van der Waals surface area (Å²) in [5.41, 5.74) is 0. The molecule has 1 aliphatic carbocycles. The molecule has 3 fully saturated rings. The van der Waals surface area contributed by atoms with Gasteiger partial charge in [-0.25, -0.2) is 0 Å². The monoisotopic (exact) mass is 281 g/mol. The maximum absolute atomic E-state index is 6.16. The molecular formula is C16H31N3O. The quantitative estimate of drug-likeness (QED) is 0.726. The van der Waals surface area contributed by atoms with Crippen molar-refractivity contribution in [1.82, 2.24) is 15.1 Å². The van der Waals surface area contributed by atoms with Crippen LogP contribution in [0.25, 0.3) is 0 Å². The van der Waals surface area contributed by atoms with Gasteiger partial charge in [-0.05, 0) is 58.7 Å². The Labute approximate surface area is 123 Å². The van der Waals surface area contributed by atoms with Gasteiger partial charge in [0.05, 0.1) is 12.2 Å². The molecule has 4 heteroatoms. The van der Waals surface area contributed by atoms with Crippen LogP contribution in [0.15, 0.2) is 0 Å². The molecule has 116 valence electrons. The van der Waals surface area contributed by atoms with Crippen LogP contribution in [0, 0.1) is 0 Å². The van der Waals surface area contributed by atoms with Gasteiger partial charge in [-0.2, -0.15) is 0 Å². The van der Waals surface area contributed by atoms with Gasteiger partial charge in [-0.15, -0.1) is 0 Å². The molecule has 0 aromatic heterocycles. The molecule has 2 heterocycles. The van der Waals surface area contributed by atoms with Crippen molar-refractivity contribution in [3.8, 4) is 0 Å². The highest BCUT2D eigenvalue weighted by Gasteiger charge is 2.28. The molecular weight excluding hydrogens is 250 g/mol. The zero-order chi connectivity index (χ0) is 13.8. The Kier molecular flexibility index (Phi) is 5.32. The van der Waals surface area contributed by atoms with Crippen molar-refractivity contribution in [3.63, 3.8) is 0 Å². The van der Waals surface area contributed by atoms with E-state index in [0.717, 1.165) is 19.1 Å². The molecule has 0 radical (unpaired) electrons. The lowest BCUT2D eigenvalue weighted by Crippen LogP contribution is -2.36. The SMILES string of the molecule is CN(CCN1CCCC1)CC1CCC(CNC2CC2)O1. The van der Waals surface area contributed by atoms with E-state index >= 15 is 0 Å². The average molecular weight is 281 g/mol. The molecule has 0 bridgehead atoms. The van der Waals surface area contributed by atoms with Crippen LogP contribution < -0.4 is 5.32 Å². The first-order valence-electron chi connectivity index (χ1n) is 8.59. The smallest absolute Gasteiger partial charge is 0.0707 e. The summed E-state index contributed by atoms with van der Waals surface area (Å²) in [5.74, 6) is 0. The van der Waals surface area contributed by atoms with Crippen LogP contribution in [0.1, 0.15) is 38.5 Å². The summed E-state index contributed by atoms with van der Waals surface area (Å²) in [6.07, 6.45) is 8.94. The minimum atomic E-state index is 0.463. The van der Waals surface area contributed by atoms with Crippen molar-refractivity contribution in [3.05, 3.63) is 0 Å². The van der Waals surface area contributed by atoms with Crippen molar-refractivity contribution in [2.24, 2.45) is 0 Å². The lowest BCUT2D eigenvalue weighted by Gasteiger charge is -2.24. The van der Waals surface area contributed by atoms with Gasteiger partial charge in [0.25, 0.3) is 0 Å². The highest BCUT2D eigenvalue weighted by Crippen LogP contribution is 2.23. The summed E-state index contributed by atoms with van der Waals surface area (Å²) in [6, 6.07) is 0.806. The predicted octanol–water partition coefficient (Wildman–Crippen LogP) is 1.31. The summed E-state index contributed by atoms with van der Waals surface area (Å²) in [6.45, 7) is 7.21. The largest absolute Gasteiger partial charge is 0.372 e. The van der Waals surface area contributed by atoms with E-state index < -0.39 is 0 Å². The molecule has 0 amide bonds. The van der Waals surface area contributed by atoms with Crippen molar-refractivity contribution in [2.75, 3.05) is 46.3 Å². The standard InChI is InChI=1S/C16H31N3O/c1-18(10-11-19-8-2-3-9-19)13-16-7-6-15(20-16)12-17-14-4-5-14/h14-17H,2-13H2,1H3. The third kappa shape index (κ3) is 4.69. The van der Waals surface area contributed by atoms with E-state index in [2.05, 4.69) is 22.2 Å². The molecule has 4 nitrogen and oxygen atoms in total. The van der Waals surface area contributed by atoms with Gasteiger partial charge in [0.2, 0.25) is 0 Å². The van der Waals surface area contributed by atoms with E-state index in [4.69, 9.17) is 4.74 Å². The van der Waals surface area contributed by atoms with Crippen LogP contribution in [0.4, 0.5) is 0 Å². The normalized spacial score (nSPS) is 31.5. The van der Waals surface area contributed by atoms with Crippen molar-refractivity contribution >= 4 is 0 Å². The molecule has 0 aromatic rings. The van der Waals surface area contributed by atoms with E-state index in [1.54, 1.807) is 0 Å². The van der Waals surface area contributed by atoms with Gasteiger partial charge in [-0.3, -0.25) is 0 Å². The number of nitrogens with one attached hydrogen (secondary N) is 1. The van der Waals surface area contributed by atoms with E-state index in [0.29, 0.717) is 12.2 Å². The van der Waals surface area contributed by atoms with Gasteiger partial charge in [0.15, 0.2) is 0 Å². The predicted molar refractivity (Wildman–Crippen MR) is 82.1 cm³/mol. The van der Waals surface area contributed by atoms with Crippen molar-refractivity contribution < 1.29 is 4.74 Å². The minimum Gasteiger partial charge on any atom is -0.372 e. The molecule has 2 saturated heterocycles. The average Bonchev–Trinajstić information content (AvgIpc) is 2.94. The number of hydrogen-bond acceptors (Lipinski definition) is 4. The molecule has 2 unspecified atom stereocenters. The molecule has 3 rings (SSSR count). The molecule has 1 N–H and O–H groups in total. The Morgan fingerprint density at radius 1 is 1.10 bits per heavy atom. The first kappa shape index (κ1) is 14.8. The molecule has 2 aliphatic heterocycles. The number of likely N-dealkylation sites (N-methyl/N-ethyl adjacent to an activating group) is 1. The molecule has 1 saturated carbocycles. The Balaban J connectivity index is 1.27. The number of likely N-dealkylation sites (tertiary alicyclic amines) is 1. The summed E-state index contributed by atoms with van der Waals surface area (Å²) >= 11 is 0. The van der Waals surface area contributed by atoms with Gasteiger partial charge < -0.3 is 19.9 Å². The summed E-state index contributed by atoms with van der Waals surface area (Å²) in [4.78, 5) is 5.05. The lowest BCUT2D eigenvalue weighted by molar-refractivity contribution is 0.0267. The maximum atomic E-state index is 6.16. The van der Waals surface area contributed by atoms with Crippen LogP contribution in [0.2, 0.25) is 0 Å². The Bertz CT molecular complexity index is 289. The van der Waals surface area contributed by atoms with Crippen LogP contribution in [-0.4, -0.2) is 74.4 Å². The second kappa shape index (κ2) is 7.21. The second-order valence-corrected chi connectivity index (χ2v) is 6.95. The molecule has 2 atom stereocenters. The maximum Gasteiger partial charge on any atom is 0.0707 e. The minimum absolute atomic E-state index is 0.463. The zero-order valence-corrected chi connectivity index (χ0v) is 13.0. The fourth-order valence-electron chi connectivity index (χ4n) is 3.41. The topological polar surface area (TPSA) is 27.7 Å². The fourth-order valence-corrected chi connectivity index (χ4v) is 3.41.